The summed E-state index contributed by atoms with van der Waals surface area (Å²) in [6.07, 6.45) is 0. The molecular formula is C21H24N4O2. The van der Waals surface area contributed by atoms with Gasteiger partial charge in [-0.1, -0.05) is 60.7 Å². The van der Waals surface area contributed by atoms with Crippen molar-refractivity contribution >= 4 is 11.7 Å². The van der Waals surface area contributed by atoms with Crippen LogP contribution in [0.2, 0.25) is 0 Å². The molecule has 0 unspecified atom stereocenters. The summed E-state index contributed by atoms with van der Waals surface area (Å²) in [5.74, 6) is 1.12. The van der Waals surface area contributed by atoms with Crippen LogP contribution in [0.1, 0.15) is 0 Å². The van der Waals surface area contributed by atoms with Crippen molar-refractivity contribution in [2.75, 3.05) is 32.4 Å². The van der Waals surface area contributed by atoms with Gasteiger partial charge < -0.3 is 10.5 Å². The van der Waals surface area contributed by atoms with E-state index < -0.39 is 0 Å². The molecule has 2 N–H and O–H groups in total. The minimum atomic E-state index is 0.385. The lowest BCUT2D eigenvalue weighted by Gasteiger charge is -2.21. The van der Waals surface area contributed by atoms with E-state index in [0.717, 1.165) is 28.2 Å². The maximum atomic E-state index is 5.77. The van der Waals surface area contributed by atoms with Crippen molar-refractivity contribution in [2.24, 2.45) is 5.73 Å². The fraction of sp³-hybridized carbons (Fsp3) is 0.190. The van der Waals surface area contributed by atoms with Crippen molar-refractivity contribution in [2.45, 2.75) is 0 Å². The summed E-state index contributed by atoms with van der Waals surface area (Å²) in [6, 6.07) is 20.1. The highest BCUT2D eigenvalue weighted by molar-refractivity contribution is 5.90. The highest BCUT2D eigenvalue weighted by Gasteiger charge is 2.25. The molecule has 3 aromatic rings. The van der Waals surface area contributed by atoms with Crippen LogP contribution >= 0.6 is 0 Å². The van der Waals surface area contributed by atoms with Gasteiger partial charge >= 0.3 is 0 Å². The molecule has 2 aromatic carbocycles. The maximum absolute atomic E-state index is 5.77. The quantitative estimate of drug-likeness (QED) is 0.488. The zero-order chi connectivity index (χ0) is 19.2. The van der Waals surface area contributed by atoms with Crippen LogP contribution in [0.15, 0.2) is 67.2 Å². The first-order chi connectivity index (χ1) is 13.2. The number of hydrogen-bond donors (Lipinski definition) is 1. The molecule has 0 bridgehead atoms. The Kier molecular flexibility index (Phi) is 5.90. The van der Waals surface area contributed by atoms with Crippen molar-refractivity contribution in [1.29, 1.82) is 0 Å². The molecule has 6 nitrogen and oxygen atoms in total. The van der Waals surface area contributed by atoms with Crippen molar-refractivity contribution in [3.63, 3.8) is 0 Å². The number of nitrogens with two attached hydrogens (primary N) is 1. The third kappa shape index (κ3) is 3.86. The van der Waals surface area contributed by atoms with E-state index in [1.165, 1.54) is 0 Å². The number of aromatic nitrogens is 2. The molecule has 0 spiro atoms. The molecule has 3 rings (SSSR count). The van der Waals surface area contributed by atoms with Gasteiger partial charge in [0.15, 0.2) is 5.82 Å². The van der Waals surface area contributed by atoms with Gasteiger partial charge in [0, 0.05) is 19.2 Å². The molecule has 0 aliphatic carbocycles. The summed E-state index contributed by atoms with van der Waals surface area (Å²) in [7, 11) is 3.40. The van der Waals surface area contributed by atoms with Gasteiger partial charge in [-0.3, -0.25) is 4.84 Å². The second kappa shape index (κ2) is 8.53. The number of rotatable bonds is 8. The highest BCUT2D eigenvalue weighted by Crippen LogP contribution is 2.40. The lowest BCUT2D eigenvalue weighted by molar-refractivity contribution is 0.125. The Hall–Kier alpha value is -3.09. The first kappa shape index (κ1) is 18.7. The Bertz CT molecular complexity index is 891. The first-order valence-electron chi connectivity index (χ1n) is 8.71. The lowest BCUT2D eigenvalue weighted by atomic mass is 10.0. The van der Waals surface area contributed by atoms with Crippen LogP contribution in [0.25, 0.3) is 28.3 Å². The molecule has 1 heterocycles. The van der Waals surface area contributed by atoms with Crippen LogP contribution in [0, 0.1) is 0 Å². The van der Waals surface area contributed by atoms with Gasteiger partial charge in [-0.2, -0.15) is 9.78 Å². The summed E-state index contributed by atoms with van der Waals surface area (Å²) < 4.78 is 7.02. The number of hydroxylamine groups is 1. The Labute approximate surface area is 159 Å². The first-order valence-corrected chi connectivity index (χ1v) is 8.71. The Balaban J connectivity index is 2.27. The molecular weight excluding hydrogens is 340 g/mol. The number of hydrogen-bond acceptors (Lipinski definition) is 5. The second-order valence-electron chi connectivity index (χ2n) is 5.91. The van der Waals surface area contributed by atoms with Gasteiger partial charge in [-0.25, -0.2) is 5.06 Å². The number of ether oxygens (including phenoxy) is 1. The number of nitrogens with zero attached hydrogens (tertiary/aromatic N) is 3. The van der Waals surface area contributed by atoms with E-state index >= 15 is 0 Å². The predicted molar refractivity (Wildman–Crippen MR) is 109 cm³/mol. The van der Waals surface area contributed by atoms with E-state index in [2.05, 4.69) is 6.58 Å². The molecule has 0 amide bonds. The Morgan fingerprint density at radius 3 is 2.22 bits per heavy atom. The van der Waals surface area contributed by atoms with Gasteiger partial charge in [0.05, 0.1) is 19.3 Å². The van der Waals surface area contributed by atoms with Gasteiger partial charge in [0.25, 0.3) is 0 Å². The summed E-state index contributed by atoms with van der Waals surface area (Å²) in [4.78, 5) is 5.77. The highest BCUT2D eigenvalue weighted by atomic mass is 16.7. The second-order valence-corrected chi connectivity index (χ2v) is 5.91. The average molecular weight is 364 g/mol. The molecule has 0 saturated carbocycles. The van der Waals surface area contributed by atoms with Crippen LogP contribution in [-0.2, 0) is 9.57 Å². The molecule has 0 radical (unpaired) electrons. The zero-order valence-electron chi connectivity index (χ0n) is 15.6. The van der Waals surface area contributed by atoms with Gasteiger partial charge in [0.2, 0.25) is 5.88 Å². The monoisotopic (exact) mass is 364 g/mol. The minimum absolute atomic E-state index is 0.385. The van der Waals surface area contributed by atoms with Crippen molar-refractivity contribution in [3.8, 4) is 22.4 Å². The summed E-state index contributed by atoms with van der Waals surface area (Å²) in [5.41, 5.74) is 9.37. The fourth-order valence-electron chi connectivity index (χ4n) is 2.88. The van der Waals surface area contributed by atoms with Gasteiger partial charge in [-0.05, 0) is 12.1 Å². The summed E-state index contributed by atoms with van der Waals surface area (Å²) in [5, 5.41) is 6.46. The van der Waals surface area contributed by atoms with Crippen LogP contribution < -0.4 is 10.8 Å². The maximum Gasteiger partial charge on any atom is 0.208 e. The van der Waals surface area contributed by atoms with Crippen LogP contribution in [-0.4, -0.2) is 37.1 Å². The van der Waals surface area contributed by atoms with E-state index in [1.807, 2.05) is 67.7 Å². The Morgan fingerprint density at radius 2 is 1.67 bits per heavy atom. The molecule has 140 valence electrons. The molecule has 6 heteroatoms. The molecule has 0 saturated heterocycles. The van der Waals surface area contributed by atoms with Crippen LogP contribution in [0.5, 0.6) is 0 Å². The van der Waals surface area contributed by atoms with E-state index in [9.17, 15) is 0 Å². The summed E-state index contributed by atoms with van der Waals surface area (Å²) in [6.45, 7) is 4.78. The molecule has 0 aliphatic heterocycles. The normalized spacial score (nSPS) is 10.6. The molecule has 27 heavy (non-hydrogen) atoms. The SMILES string of the molecule is C=C(OC)n1nc(-c2ccccc2)c(-c2ccccc2)c1N(C)OCCN. The average Bonchev–Trinajstić information content (AvgIpc) is 3.13. The van der Waals surface area contributed by atoms with E-state index in [4.69, 9.17) is 20.4 Å². The fourth-order valence-corrected chi connectivity index (χ4v) is 2.88. The predicted octanol–water partition coefficient (Wildman–Crippen LogP) is 3.62. The minimum Gasteiger partial charge on any atom is -0.481 e. The molecule has 0 aliphatic rings. The molecule has 0 fully saturated rings. The van der Waals surface area contributed by atoms with Gasteiger partial charge in [-0.15, -0.1) is 0 Å². The number of anilines is 1. The third-order valence-corrected chi connectivity index (χ3v) is 4.14. The largest absolute Gasteiger partial charge is 0.481 e. The van der Waals surface area contributed by atoms with E-state index in [1.54, 1.807) is 16.9 Å². The van der Waals surface area contributed by atoms with Crippen LogP contribution in [0.4, 0.5) is 5.82 Å². The molecule has 0 atom stereocenters. The van der Waals surface area contributed by atoms with Gasteiger partial charge in [0.1, 0.15) is 5.69 Å². The van der Waals surface area contributed by atoms with E-state index in [0.29, 0.717) is 19.0 Å². The number of methoxy groups -OCH3 is 1. The van der Waals surface area contributed by atoms with Crippen molar-refractivity contribution in [3.05, 3.63) is 67.2 Å². The molecule has 1 aromatic heterocycles. The smallest absolute Gasteiger partial charge is 0.208 e. The third-order valence-electron chi connectivity index (χ3n) is 4.14. The van der Waals surface area contributed by atoms with Crippen molar-refractivity contribution in [1.82, 2.24) is 9.78 Å². The summed E-state index contributed by atoms with van der Waals surface area (Å²) >= 11 is 0. The lowest BCUT2D eigenvalue weighted by Crippen LogP contribution is -2.25. The Morgan fingerprint density at radius 1 is 1.07 bits per heavy atom. The standard InChI is InChI=1S/C21H24N4O2/c1-16(26-3)25-21(24(2)27-15-14-22)19(17-10-6-4-7-11-17)20(23-25)18-12-8-5-9-13-18/h4-13H,1,14-15,22H2,2-3H3. The van der Waals surface area contributed by atoms with E-state index in [-0.39, 0.29) is 0 Å². The zero-order valence-corrected chi connectivity index (χ0v) is 15.6. The number of benzene rings is 2. The topological polar surface area (TPSA) is 65.5 Å². The van der Waals surface area contributed by atoms with Crippen molar-refractivity contribution < 1.29 is 9.57 Å². The van der Waals surface area contributed by atoms with Crippen LogP contribution in [0.3, 0.4) is 0 Å².